The Morgan fingerprint density at radius 3 is 2.64 bits per heavy atom. The van der Waals surface area contributed by atoms with Crippen LogP contribution < -0.4 is 11.1 Å². The quantitative estimate of drug-likeness (QED) is 0.340. The topological polar surface area (TPSA) is 123 Å². The molecule has 1 amide bonds. The molecule has 8 nitrogen and oxygen atoms in total. The van der Waals surface area contributed by atoms with Crippen molar-refractivity contribution in [2.45, 2.75) is 12.8 Å². The highest BCUT2D eigenvalue weighted by molar-refractivity contribution is 6.07. The molecule has 0 aliphatic rings. The number of para-hydroxylation sites is 2. The molecule has 0 fully saturated rings. The third-order valence-electron chi connectivity index (χ3n) is 5.90. The number of pyridine rings is 2. The number of anilines is 1. The third kappa shape index (κ3) is 4.50. The van der Waals surface area contributed by atoms with Crippen LogP contribution in [0.25, 0.3) is 27.8 Å². The highest BCUT2D eigenvalue weighted by Crippen LogP contribution is 2.25. The maximum atomic E-state index is 13.2. The number of aromatic nitrogens is 4. The van der Waals surface area contributed by atoms with Gasteiger partial charge in [0.2, 0.25) is 0 Å². The second-order valence-corrected chi connectivity index (χ2v) is 8.24. The van der Waals surface area contributed by atoms with E-state index in [1.807, 2.05) is 66.7 Å². The van der Waals surface area contributed by atoms with Crippen molar-refractivity contribution in [2.75, 3.05) is 12.3 Å². The van der Waals surface area contributed by atoms with Gasteiger partial charge in [0.25, 0.3) is 5.91 Å². The van der Waals surface area contributed by atoms with E-state index in [4.69, 9.17) is 10.7 Å². The molecule has 2 aromatic carbocycles. The molecule has 0 radical (unpaired) electrons. The molecule has 3 aromatic heterocycles. The van der Waals surface area contributed by atoms with Crippen LogP contribution in [0.15, 0.2) is 85.2 Å². The van der Waals surface area contributed by atoms with E-state index in [0.29, 0.717) is 47.7 Å². The number of hydrogen-bond donors (Lipinski definition) is 2. The number of rotatable bonds is 7. The van der Waals surface area contributed by atoms with Gasteiger partial charge in [-0.15, -0.1) is 0 Å². The molecule has 8 heteroatoms. The second-order valence-electron chi connectivity index (χ2n) is 8.24. The summed E-state index contributed by atoms with van der Waals surface area (Å²) in [4.78, 5) is 22.0. The first-order valence-electron chi connectivity index (χ1n) is 11.6. The average molecular weight is 474 g/mol. The summed E-state index contributed by atoms with van der Waals surface area (Å²) in [7, 11) is 0. The molecule has 5 rings (SSSR count). The van der Waals surface area contributed by atoms with Crippen LogP contribution in [0.2, 0.25) is 0 Å². The second kappa shape index (κ2) is 10.1. The standard InChI is InChI=1S/C28H23N7O/c29-17-23-25(34-35(27(23)30)20-9-2-1-3-10-20)13-7-15-32-28(36)22-16-26(19-8-6-14-31-18-19)33-24-12-5-4-11-21(22)24/h1-6,8-12,14,16,18H,7,13,15,30H2,(H,32,36). The molecule has 36 heavy (non-hydrogen) atoms. The fourth-order valence-corrected chi connectivity index (χ4v) is 4.12. The predicted molar refractivity (Wildman–Crippen MR) is 138 cm³/mol. The lowest BCUT2D eigenvalue weighted by atomic mass is 10.0. The van der Waals surface area contributed by atoms with Crippen molar-refractivity contribution in [3.8, 4) is 23.0 Å². The van der Waals surface area contributed by atoms with Crippen molar-refractivity contribution in [3.05, 3.63) is 102 Å². The van der Waals surface area contributed by atoms with Crippen molar-refractivity contribution >= 4 is 22.6 Å². The molecule has 176 valence electrons. The largest absolute Gasteiger partial charge is 0.382 e. The van der Waals surface area contributed by atoms with Crippen molar-refractivity contribution < 1.29 is 4.79 Å². The molecule has 5 aromatic rings. The Morgan fingerprint density at radius 2 is 1.86 bits per heavy atom. The maximum absolute atomic E-state index is 13.2. The van der Waals surface area contributed by atoms with Crippen molar-refractivity contribution in [3.63, 3.8) is 0 Å². The lowest BCUT2D eigenvalue weighted by molar-refractivity contribution is 0.0955. The summed E-state index contributed by atoms with van der Waals surface area (Å²) >= 11 is 0. The van der Waals surface area contributed by atoms with Crippen LogP contribution in [-0.2, 0) is 6.42 Å². The summed E-state index contributed by atoms with van der Waals surface area (Å²) in [5.74, 6) is 0.127. The first-order chi connectivity index (χ1) is 17.7. The van der Waals surface area contributed by atoms with Gasteiger partial charge in [0.05, 0.1) is 28.2 Å². The number of carbonyl (C=O) groups is 1. The number of amides is 1. The molecule has 3 heterocycles. The Kier molecular flexibility index (Phi) is 6.36. The zero-order chi connectivity index (χ0) is 24.9. The van der Waals surface area contributed by atoms with Crippen LogP contribution in [0.3, 0.4) is 0 Å². The molecular weight excluding hydrogens is 450 g/mol. The Hall–Kier alpha value is -5.03. The number of fused-ring (bicyclic) bond motifs is 1. The lowest BCUT2D eigenvalue weighted by Crippen LogP contribution is -2.25. The molecule has 0 atom stereocenters. The van der Waals surface area contributed by atoms with Gasteiger partial charge in [0.15, 0.2) is 0 Å². The third-order valence-corrected chi connectivity index (χ3v) is 5.90. The van der Waals surface area contributed by atoms with Crippen molar-refractivity contribution in [1.29, 1.82) is 5.26 Å². The Morgan fingerprint density at radius 1 is 1.06 bits per heavy atom. The molecule has 0 spiro atoms. The number of aryl methyl sites for hydroxylation is 1. The van der Waals surface area contributed by atoms with Crippen molar-refractivity contribution in [2.24, 2.45) is 0 Å². The number of nitrogens with two attached hydrogens (primary N) is 1. The van der Waals surface area contributed by atoms with Crippen LogP contribution in [0, 0.1) is 11.3 Å². The number of nitrogens with one attached hydrogen (secondary N) is 1. The van der Waals surface area contributed by atoms with Crippen LogP contribution in [0.4, 0.5) is 5.82 Å². The van der Waals surface area contributed by atoms with Gasteiger partial charge in [-0.3, -0.25) is 9.78 Å². The van der Waals surface area contributed by atoms with E-state index < -0.39 is 0 Å². The summed E-state index contributed by atoms with van der Waals surface area (Å²) in [6.07, 6.45) is 4.54. The van der Waals surface area contributed by atoms with Gasteiger partial charge in [-0.1, -0.05) is 36.4 Å². The number of hydrogen-bond acceptors (Lipinski definition) is 6. The van der Waals surface area contributed by atoms with Gasteiger partial charge < -0.3 is 11.1 Å². The van der Waals surface area contributed by atoms with Gasteiger partial charge in [-0.05, 0) is 49.2 Å². The van der Waals surface area contributed by atoms with Gasteiger partial charge in [0.1, 0.15) is 17.5 Å². The van der Waals surface area contributed by atoms with Gasteiger partial charge >= 0.3 is 0 Å². The molecule has 0 saturated heterocycles. The van der Waals surface area contributed by atoms with Crippen LogP contribution in [0.1, 0.15) is 28.0 Å². The fourth-order valence-electron chi connectivity index (χ4n) is 4.12. The minimum Gasteiger partial charge on any atom is -0.382 e. The van der Waals surface area contributed by atoms with E-state index in [1.54, 1.807) is 23.1 Å². The van der Waals surface area contributed by atoms with Crippen LogP contribution in [0.5, 0.6) is 0 Å². The summed E-state index contributed by atoms with van der Waals surface area (Å²) < 4.78 is 1.58. The molecule has 0 aliphatic heterocycles. The maximum Gasteiger partial charge on any atom is 0.252 e. The van der Waals surface area contributed by atoms with E-state index in [9.17, 15) is 10.1 Å². The normalized spacial score (nSPS) is 10.8. The molecule has 0 unspecified atom stereocenters. The first-order valence-corrected chi connectivity index (χ1v) is 11.6. The van der Waals surface area contributed by atoms with Crippen LogP contribution >= 0.6 is 0 Å². The number of nitrogen functional groups attached to an aromatic ring is 1. The number of nitrogens with zero attached hydrogens (tertiary/aromatic N) is 5. The smallest absolute Gasteiger partial charge is 0.252 e. The van der Waals surface area contributed by atoms with Crippen molar-refractivity contribution in [1.82, 2.24) is 25.1 Å². The first kappa shape index (κ1) is 22.7. The summed E-state index contributed by atoms with van der Waals surface area (Å²) in [5, 5.41) is 17.9. The lowest BCUT2D eigenvalue weighted by Gasteiger charge is -2.10. The Bertz CT molecular complexity index is 1570. The number of nitriles is 1. The van der Waals surface area contributed by atoms with E-state index in [-0.39, 0.29) is 5.91 Å². The van der Waals surface area contributed by atoms with E-state index in [2.05, 4.69) is 21.5 Å². The number of carbonyl (C=O) groups excluding carboxylic acids is 1. The minimum absolute atomic E-state index is 0.187. The molecule has 3 N–H and O–H groups in total. The molecule has 0 saturated carbocycles. The van der Waals surface area contributed by atoms with Gasteiger partial charge in [-0.2, -0.15) is 10.4 Å². The van der Waals surface area contributed by atoms with Gasteiger partial charge in [0, 0.05) is 29.9 Å². The minimum atomic E-state index is -0.187. The zero-order valence-corrected chi connectivity index (χ0v) is 19.4. The molecule has 0 bridgehead atoms. The van der Waals surface area contributed by atoms with E-state index in [1.165, 1.54) is 0 Å². The van der Waals surface area contributed by atoms with Gasteiger partial charge in [-0.25, -0.2) is 9.67 Å². The summed E-state index contributed by atoms with van der Waals surface area (Å²) in [6.45, 7) is 0.417. The monoisotopic (exact) mass is 473 g/mol. The van der Waals surface area contributed by atoms with E-state index in [0.717, 1.165) is 22.2 Å². The predicted octanol–water partition coefficient (Wildman–Crippen LogP) is 4.30. The number of benzene rings is 2. The SMILES string of the molecule is N#Cc1c(CCCNC(=O)c2cc(-c3cccnc3)nc3ccccc23)nn(-c2ccccc2)c1N. The Labute approximate surface area is 208 Å². The zero-order valence-electron chi connectivity index (χ0n) is 19.4. The van der Waals surface area contributed by atoms with E-state index >= 15 is 0 Å². The average Bonchev–Trinajstić information content (AvgIpc) is 3.26. The summed E-state index contributed by atoms with van der Waals surface area (Å²) in [6, 6.07) is 24.7. The van der Waals surface area contributed by atoms with Crippen LogP contribution in [-0.4, -0.2) is 32.2 Å². The molecular formula is C28H23N7O. The highest BCUT2D eigenvalue weighted by Gasteiger charge is 2.17. The Balaban J connectivity index is 1.31. The highest BCUT2D eigenvalue weighted by atomic mass is 16.1. The molecule has 0 aliphatic carbocycles. The summed E-state index contributed by atoms with van der Waals surface area (Å²) in [5.41, 5.74) is 10.8. The fraction of sp³-hybridized carbons (Fsp3) is 0.107.